The van der Waals surface area contributed by atoms with E-state index < -0.39 is 0 Å². The van der Waals surface area contributed by atoms with E-state index >= 15 is 0 Å². The Hall–Kier alpha value is -3.22. The molecule has 3 rings (SSSR count). The maximum Gasteiger partial charge on any atom is 0.328 e. The van der Waals surface area contributed by atoms with Gasteiger partial charge in [-0.3, -0.25) is 13.9 Å². The Kier molecular flexibility index (Phi) is 6.37. The van der Waals surface area contributed by atoms with Gasteiger partial charge in [0.25, 0.3) is 0 Å². The van der Waals surface area contributed by atoms with E-state index in [4.69, 9.17) is 9.47 Å². The largest absolute Gasteiger partial charge is 0.494 e. The Morgan fingerprint density at radius 3 is 2.32 bits per heavy atom. The molecule has 0 saturated carbocycles. The van der Waals surface area contributed by atoms with Crippen molar-refractivity contribution in [1.82, 2.24) is 14.5 Å². The van der Waals surface area contributed by atoms with Crippen LogP contribution in [0.15, 0.2) is 53.3 Å². The Balaban J connectivity index is 1.44. The van der Waals surface area contributed by atoms with E-state index in [-0.39, 0.29) is 18.0 Å². The summed E-state index contributed by atoms with van der Waals surface area (Å²) in [6, 6.07) is 14.9. The molecule has 2 aromatic carbocycles. The van der Waals surface area contributed by atoms with Gasteiger partial charge in [0, 0.05) is 20.0 Å². The SMILES string of the molecule is CCOc1ccc(OCCNC(=O)CCn2c(=O)n(C)c3ccccc32)cc1. The number of aryl methyl sites for hydroxylation is 2. The normalized spacial score (nSPS) is 10.8. The number of fused-ring (bicyclic) bond motifs is 1. The van der Waals surface area contributed by atoms with Gasteiger partial charge in [0.1, 0.15) is 18.1 Å². The lowest BCUT2D eigenvalue weighted by molar-refractivity contribution is -0.121. The lowest BCUT2D eigenvalue weighted by Gasteiger charge is -2.09. The number of hydrogen-bond donors (Lipinski definition) is 1. The minimum atomic E-state index is -0.118. The smallest absolute Gasteiger partial charge is 0.328 e. The summed E-state index contributed by atoms with van der Waals surface area (Å²) in [4.78, 5) is 24.4. The maximum absolute atomic E-state index is 12.3. The van der Waals surface area contributed by atoms with Crippen molar-refractivity contribution in [2.24, 2.45) is 7.05 Å². The first-order chi connectivity index (χ1) is 13.6. The van der Waals surface area contributed by atoms with Gasteiger partial charge in [-0.25, -0.2) is 4.79 Å². The van der Waals surface area contributed by atoms with Gasteiger partial charge in [-0.05, 0) is 43.3 Å². The third-order valence-corrected chi connectivity index (χ3v) is 4.44. The monoisotopic (exact) mass is 383 g/mol. The summed E-state index contributed by atoms with van der Waals surface area (Å²) in [7, 11) is 1.74. The minimum Gasteiger partial charge on any atom is -0.494 e. The molecule has 3 aromatic rings. The van der Waals surface area contributed by atoms with Crippen LogP contribution in [0.2, 0.25) is 0 Å². The molecule has 0 unspecified atom stereocenters. The van der Waals surface area contributed by atoms with E-state index in [1.807, 2.05) is 55.5 Å². The predicted molar refractivity (Wildman–Crippen MR) is 108 cm³/mol. The van der Waals surface area contributed by atoms with E-state index in [9.17, 15) is 9.59 Å². The van der Waals surface area contributed by atoms with Crippen molar-refractivity contribution >= 4 is 16.9 Å². The van der Waals surface area contributed by atoms with Gasteiger partial charge in [0.15, 0.2) is 0 Å². The van der Waals surface area contributed by atoms with Crippen LogP contribution >= 0.6 is 0 Å². The average Bonchev–Trinajstić information content (AvgIpc) is 2.96. The van der Waals surface area contributed by atoms with Crippen molar-refractivity contribution in [2.45, 2.75) is 19.9 Å². The zero-order valence-corrected chi connectivity index (χ0v) is 16.2. The number of carbonyl (C=O) groups is 1. The Labute approximate surface area is 163 Å². The van der Waals surface area contributed by atoms with Crippen molar-refractivity contribution in [2.75, 3.05) is 19.8 Å². The summed E-state index contributed by atoms with van der Waals surface area (Å²) < 4.78 is 14.2. The number of aromatic nitrogens is 2. The highest BCUT2D eigenvalue weighted by atomic mass is 16.5. The van der Waals surface area contributed by atoms with Crippen molar-refractivity contribution < 1.29 is 14.3 Å². The number of carbonyl (C=O) groups excluding carboxylic acids is 1. The van der Waals surface area contributed by atoms with Crippen molar-refractivity contribution in [3.8, 4) is 11.5 Å². The fourth-order valence-corrected chi connectivity index (χ4v) is 3.04. The van der Waals surface area contributed by atoms with E-state index in [1.54, 1.807) is 16.2 Å². The van der Waals surface area contributed by atoms with Crippen LogP contribution < -0.4 is 20.5 Å². The molecule has 0 aliphatic rings. The molecule has 0 fully saturated rings. The molecule has 7 nitrogen and oxygen atoms in total. The summed E-state index contributed by atoms with van der Waals surface area (Å²) in [5.41, 5.74) is 1.58. The van der Waals surface area contributed by atoms with Crippen molar-refractivity contribution in [1.29, 1.82) is 0 Å². The molecule has 0 aliphatic carbocycles. The van der Waals surface area contributed by atoms with Gasteiger partial charge in [0.2, 0.25) is 5.91 Å². The molecule has 148 valence electrons. The first-order valence-electron chi connectivity index (χ1n) is 9.36. The Morgan fingerprint density at radius 1 is 1.00 bits per heavy atom. The molecule has 1 N–H and O–H groups in total. The van der Waals surface area contributed by atoms with Crippen LogP contribution in [0.4, 0.5) is 0 Å². The van der Waals surface area contributed by atoms with E-state index in [0.29, 0.717) is 26.3 Å². The van der Waals surface area contributed by atoms with Gasteiger partial charge in [-0.2, -0.15) is 0 Å². The van der Waals surface area contributed by atoms with Gasteiger partial charge in [0.05, 0.1) is 24.2 Å². The number of imidazole rings is 1. The summed E-state index contributed by atoms with van der Waals surface area (Å²) in [5, 5.41) is 2.82. The van der Waals surface area contributed by atoms with Crippen molar-refractivity contribution in [3.05, 3.63) is 59.0 Å². The van der Waals surface area contributed by atoms with Gasteiger partial charge < -0.3 is 14.8 Å². The number of nitrogens with zero attached hydrogens (tertiary/aromatic N) is 2. The zero-order chi connectivity index (χ0) is 19.9. The molecule has 0 aliphatic heterocycles. The minimum absolute atomic E-state index is 0.116. The molecule has 0 atom stereocenters. The van der Waals surface area contributed by atoms with Crippen LogP contribution in [0.5, 0.6) is 11.5 Å². The van der Waals surface area contributed by atoms with E-state index in [1.165, 1.54) is 0 Å². The second-order valence-corrected chi connectivity index (χ2v) is 6.33. The van der Waals surface area contributed by atoms with E-state index in [0.717, 1.165) is 22.5 Å². The molecule has 1 heterocycles. The third-order valence-electron chi connectivity index (χ3n) is 4.44. The van der Waals surface area contributed by atoms with Gasteiger partial charge >= 0.3 is 5.69 Å². The molecular weight excluding hydrogens is 358 g/mol. The standard InChI is InChI=1S/C21H25N3O4/c1-3-27-16-8-10-17(11-9-16)28-15-13-22-20(25)12-14-24-19-7-5-4-6-18(19)23(2)21(24)26/h4-11H,3,12-15H2,1-2H3,(H,22,25). The second kappa shape index (κ2) is 9.12. The number of nitrogens with one attached hydrogen (secondary N) is 1. The molecule has 0 radical (unpaired) electrons. The molecule has 0 spiro atoms. The number of benzene rings is 2. The molecule has 28 heavy (non-hydrogen) atoms. The van der Waals surface area contributed by atoms with Gasteiger partial charge in [-0.1, -0.05) is 12.1 Å². The van der Waals surface area contributed by atoms with Crippen LogP contribution in [0.1, 0.15) is 13.3 Å². The lowest BCUT2D eigenvalue weighted by Crippen LogP contribution is -2.30. The summed E-state index contributed by atoms with van der Waals surface area (Å²) in [5.74, 6) is 1.40. The number of amides is 1. The van der Waals surface area contributed by atoms with Crippen LogP contribution in [0, 0.1) is 0 Å². The lowest BCUT2D eigenvalue weighted by atomic mass is 10.3. The fraction of sp³-hybridized carbons (Fsp3) is 0.333. The summed E-state index contributed by atoms with van der Waals surface area (Å²) in [6.45, 7) is 3.66. The highest BCUT2D eigenvalue weighted by molar-refractivity contribution is 5.77. The summed E-state index contributed by atoms with van der Waals surface area (Å²) in [6.07, 6.45) is 0.233. The first kappa shape index (κ1) is 19.5. The average molecular weight is 383 g/mol. The molecule has 1 amide bonds. The van der Waals surface area contributed by atoms with Crippen LogP contribution in [0.3, 0.4) is 0 Å². The van der Waals surface area contributed by atoms with Crippen LogP contribution in [0.25, 0.3) is 11.0 Å². The highest BCUT2D eigenvalue weighted by Crippen LogP contribution is 2.17. The van der Waals surface area contributed by atoms with Crippen molar-refractivity contribution in [3.63, 3.8) is 0 Å². The number of hydrogen-bond acceptors (Lipinski definition) is 4. The number of para-hydroxylation sites is 2. The molecule has 0 bridgehead atoms. The second-order valence-electron chi connectivity index (χ2n) is 6.33. The van der Waals surface area contributed by atoms with Gasteiger partial charge in [-0.15, -0.1) is 0 Å². The third kappa shape index (κ3) is 4.54. The summed E-state index contributed by atoms with van der Waals surface area (Å²) >= 11 is 0. The first-order valence-corrected chi connectivity index (χ1v) is 9.36. The zero-order valence-electron chi connectivity index (χ0n) is 16.2. The predicted octanol–water partition coefficient (Wildman–Crippen LogP) is 2.32. The molecular formula is C21H25N3O4. The van der Waals surface area contributed by atoms with Crippen LogP contribution in [-0.2, 0) is 18.4 Å². The number of ether oxygens (including phenoxy) is 2. The molecule has 7 heteroatoms. The quantitative estimate of drug-likeness (QED) is 0.576. The topological polar surface area (TPSA) is 74.5 Å². The fourth-order valence-electron chi connectivity index (χ4n) is 3.04. The van der Waals surface area contributed by atoms with E-state index in [2.05, 4.69) is 5.32 Å². The maximum atomic E-state index is 12.3. The Morgan fingerprint density at radius 2 is 1.64 bits per heavy atom. The number of rotatable bonds is 9. The highest BCUT2D eigenvalue weighted by Gasteiger charge is 2.11. The molecule has 1 aromatic heterocycles. The molecule has 0 saturated heterocycles. The van der Waals surface area contributed by atoms with Crippen LogP contribution in [-0.4, -0.2) is 34.8 Å². The Bertz CT molecular complexity index is 989.